The highest BCUT2D eigenvalue weighted by atomic mass is 19.1. The average molecular weight is 424 g/mol. The molecule has 0 spiro atoms. The van der Waals surface area contributed by atoms with E-state index in [1.165, 1.54) is 41.6 Å². The van der Waals surface area contributed by atoms with Gasteiger partial charge in [-0.25, -0.2) is 18.7 Å². The van der Waals surface area contributed by atoms with Crippen LogP contribution in [0.15, 0.2) is 61.2 Å². The minimum Gasteiger partial charge on any atom is -0.383 e. The molecule has 4 rings (SSSR count). The monoisotopic (exact) mass is 424 g/mol. The number of hydrogen-bond donors (Lipinski definition) is 3. The van der Waals surface area contributed by atoms with Gasteiger partial charge in [0.15, 0.2) is 0 Å². The van der Waals surface area contributed by atoms with Crippen LogP contribution in [0.3, 0.4) is 0 Å². The Labute approximate surface area is 175 Å². The quantitative estimate of drug-likeness (QED) is 0.407. The molecule has 0 radical (unpaired) electrons. The number of nitrogens with one attached hydrogen (secondary N) is 1. The van der Waals surface area contributed by atoms with Crippen molar-refractivity contribution in [2.24, 2.45) is 5.73 Å². The van der Waals surface area contributed by atoms with Crippen LogP contribution >= 0.6 is 0 Å². The van der Waals surface area contributed by atoms with Crippen molar-refractivity contribution in [3.05, 3.63) is 89.6 Å². The van der Waals surface area contributed by atoms with E-state index in [-0.39, 0.29) is 23.3 Å². The van der Waals surface area contributed by atoms with E-state index in [0.717, 1.165) is 0 Å². The Balaban J connectivity index is 1.66. The van der Waals surface area contributed by atoms with Gasteiger partial charge in [0.05, 0.1) is 12.1 Å². The molecule has 158 valence electrons. The molecule has 10 heteroatoms. The van der Waals surface area contributed by atoms with Gasteiger partial charge in [-0.2, -0.15) is 5.10 Å². The van der Waals surface area contributed by atoms with Crippen LogP contribution in [0.4, 0.5) is 8.78 Å². The Morgan fingerprint density at radius 1 is 1.10 bits per heavy atom. The molecule has 1 amide bonds. The highest BCUT2D eigenvalue weighted by Gasteiger charge is 2.26. The number of aromatic nitrogens is 4. The number of nitrogens with two attached hydrogens (primary N) is 1. The second-order valence-corrected chi connectivity index (χ2v) is 6.84. The van der Waals surface area contributed by atoms with Crippen LogP contribution in [0.2, 0.25) is 0 Å². The summed E-state index contributed by atoms with van der Waals surface area (Å²) >= 11 is 0. The van der Waals surface area contributed by atoms with Crippen molar-refractivity contribution in [1.29, 1.82) is 0 Å². The number of rotatable bonds is 6. The van der Waals surface area contributed by atoms with Crippen LogP contribution in [0.1, 0.15) is 27.7 Å². The summed E-state index contributed by atoms with van der Waals surface area (Å²) in [7, 11) is 0. The number of aliphatic hydroxyl groups excluding tert-OH is 1. The molecule has 2 aromatic heterocycles. The molecular formula is C21H18F2N6O2. The molecule has 2 aromatic carbocycles. The zero-order chi connectivity index (χ0) is 22.0. The summed E-state index contributed by atoms with van der Waals surface area (Å²) in [4.78, 5) is 19.8. The molecule has 0 aliphatic rings. The Kier molecular flexibility index (Phi) is 5.65. The van der Waals surface area contributed by atoms with E-state index in [2.05, 4.69) is 20.4 Å². The van der Waals surface area contributed by atoms with Gasteiger partial charge in [0.25, 0.3) is 5.91 Å². The van der Waals surface area contributed by atoms with Gasteiger partial charge < -0.3 is 16.2 Å². The molecule has 4 aromatic rings. The number of carbonyl (C=O) groups excluding carboxylic acids is 1. The Morgan fingerprint density at radius 2 is 1.81 bits per heavy atom. The number of hydrogen-bond acceptors (Lipinski definition) is 6. The lowest BCUT2D eigenvalue weighted by Crippen LogP contribution is -2.46. The van der Waals surface area contributed by atoms with Gasteiger partial charge >= 0.3 is 0 Å². The molecular weight excluding hydrogens is 406 g/mol. The van der Waals surface area contributed by atoms with E-state index in [1.807, 2.05) is 0 Å². The Morgan fingerprint density at radius 3 is 2.55 bits per heavy atom. The lowest BCUT2D eigenvalue weighted by Gasteiger charge is -2.19. The Bertz CT molecular complexity index is 1230. The summed E-state index contributed by atoms with van der Waals surface area (Å²) in [6.45, 7) is -0.0558. The van der Waals surface area contributed by atoms with E-state index in [0.29, 0.717) is 10.9 Å². The van der Waals surface area contributed by atoms with Gasteiger partial charge in [-0.15, -0.1) is 0 Å². The molecule has 0 bridgehead atoms. The molecule has 8 nitrogen and oxygen atoms in total. The molecule has 2 unspecified atom stereocenters. The van der Waals surface area contributed by atoms with E-state index in [1.54, 1.807) is 24.3 Å². The second-order valence-electron chi connectivity index (χ2n) is 6.84. The van der Waals surface area contributed by atoms with Crippen molar-refractivity contribution >= 4 is 16.8 Å². The molecule has 0 aliphatic heterocycles. The number of amides is 1. The third-order valence-corrected chi connectivity index (χ3v) is 4.77. The van der Waals surface area contributed by atoms with Crippen molar-refractivity contribution in [3.63, 3.8) is 0 Å². The smallest absolute Gasteiger partial charge is 0.255 e. The summed E-state index contributed by atoms with van der Waals surface area (Å²) in [5.74, 6) is -1.63. The molecule has 0 aliphatic carbocycles. The molecule has 2 heterocycles. The van der Waals surface area contributed by atoms with Crippen LogP contribution in [-0.2, 0) is 6.54 Å². The normalized spacial score (nSPS) is 13.2. The first-order valence-corrected chi connectivity index (χ1v) is 9.33. The first kappa shape index (κ1) is 20.5. The fourth-order valence-electron chi connectivity index (χ4n) is 3.24. The number of aliphatic hydroxyl groups is 1. The molecule has 0 saturated heterocycles. The van der Waals surface area contributed by atoms with E-state index < -0.39 is 29.8 Å². The third kappa shape index (κ3) is 4.11. The standard InChI is InChI=1S/C21H18F2N6O2/c22-15-6-2-1-4-12(15)10-29-18-14(5-3-7-16(18)23)17(28-29)19(30)20(24)27-21(31)13-8-25-11-26-9-13/h1-9,11,19-20,30H,10,24H2,(H,27,31). The summed E-state index contributed by atoms with van der Waals surface area (Å²) in [5, 5.41) is 17.8. The summed E-state index contributed by atoms with van der Waals surface area (Å²) in [5.41, 5.74) is 6.59. The van der Waals surface area contributed by atoms with Crippen molar-refractivity contribution in [3.8, 4) is 0 Å². The second kappa shape index (κ2) is 8.54. The van der Waals surface area contributed by atoms with Crippen LogP contribution < -0.4 is 11.1 Å². The number of halogens is 2. The minimum absolute atomic E-state index is 0.0558. The maximum atomic E-state index is 14.6. The van der Waals surface area contributed by atoms with Crippen LogP contribution in [0.5, 0.6) is 0 Å². The van der Waals surface area contributed by atoms with Crippen LogP contribution in [-0.4, -0.2) is 36.9 Å². The topological polar surface area (TPSA) is 119 Å². The lowest BCUT2D eigenvalue weighted by atomic mass is 10.1. The summed E-state index contributed by atoms with van der Waals surface area (Å²) in [6.07, 6.45) is 1.16. The van der Waals surface area contributed by atoms with Gasteiger partial charge in [0.1, 0.15) is 41.4 Å². The molecule has 4 N–H and O–H groups in total. The fourth-order valence-corrected chi connectivity index (χ4v) is 3.24. The predicted octanol–water partition coefficient (Wildman–Crippen LogP) is 1.90. The first-order valence-electron chi connectivity index (χ1n) is 9.33. The fraction of sp³-hybridized carbons (Fsp3) is 0.143. The van der Waals surface area contributed by atoms with Gasteiger partial charge in [0, 0.05) is 23.3 Å². The van der Waals surface area contributed by atoms with Gasteiger partial charge in [0.2, 0.25) is 0 Å². The average Bonchev–Trinajstić information content (AvgIpc) is 3.15. The van der Waals surface area contributed by atoms with Crippen LogP contribution in [0.25, 0.3) is 10.9 Å². The van der Waals surface area contributed by atoms with Crippen molar-refractivity contribution in [2.45, 2.75) is 18.8 Å². The molecule has 31 heavy (non-hydrogen) atoms. The highest BCUT2D eigenvalue weighted by Crippen LogP contribution is 2.28. The number of nitrogens with zero attached hydrogens (tertiary/aromatic N) is 4. The largest absolute Gasteiger partial charge is 0.383 e. The zero-order valence-corrected chi connectivity index (χ0v) is 16.1. The van der Waals surface area contributed by atoms with Crippen molar-refractivity contribution in [2.75, 3.05) is 0 Å². The molecule has 2 atom stereocenters. The van der Waals surface area contributed by atoms with Crippen LogP contribution in [0, 0.1) is 11.6 Å². The van der Waals surface area contributed by atoms with E-state index in [9.17, 15) is 18.7 Å². The highest BCUT2D eigenvalue weighted by molar-refractivity contribution is 5.93. The summed E-state index contributed by atoms with van der Waals surface area (Å²) < 4.78 is 30.0. The van der Waals surface area contributed by atoms with E-state index >= 15 is 0 Å². The third-order valence-electron chi connectivity index (χ3n) is 4.77. The van der Waals surface area contributed by atoms with Crippen molar-refractivity contribution in [1.82, 2.24) is 25.1 Å². The lowest BCUT2D eigenvalue weighted by molar-refractivity contribution is 0.0833. The van der Waals surface area contributed by atoms with Gasteiger partial charge in [-0.1, -0.05) is 30.3 Å². The summed E-state index contributed by atoms with van der Waals surface area (Å²) in [6, 6.07) is 10.4. The number of para-hydroxylation sites is 1. The SMILES string of the molecule is NC(NC(=O)c1cncnc1)C(O)c1nn(Cc2ccccc2F)c2c(F)cccc12. The number of fused-ring (bicyclic) bond motifs is 1. The molecule has 0 saturated carbocycles. The van der Waals surface area contributed by atoms with Gasteiger partial charge in [-0.05, 0) is 12.1 Å². The maximum absolute atomic E-state index is 14.6. The first-order chi connectivity index (χ1) is 15.0. The van der Waals surface area contributed by atoms with E-state index in [4.69, 9.17) is 5.73 Å². The predicted molar refractivity (Wildman–Crippen MR) is 108 cm³/mol. The number of benzene rings is 2. The molecule has 0 fully saturated rings. The minimum atomic E-state index is -1.46. The maximum Gasteiger partial charge on any atom is 0.255 e. The van der Waals surface area contributed by atoms with Crippen molar-refractivity contribution < 1.29 is 18.7 Å². The zero-order valence-electron chi connectivity index (χ0n) is 16.1. The number of carbonyl (C=O) groups is 1. The Hall–Kier alpha value is -3.76. The van der Waals surface area contributed by atoms with Gasteiger partial charge in [-0.3, -0.25) is 9.48 Å².